The zero-order valence-corrected chi connectivity index (χ0v) is 18.9. The maximum Gasteiger partial charge on any atom is 0.191 e. The molecule has 0 aliphatic carbocycles. The van der Waals surface area contributed by atoms with Crippen LogP contribution in [0.2, 0.25) is 0 Å². The van der Waals surface area contributed by atoms with Gasteiger partial charge in [0, 0.05) is 17.3 Å². The number of hydrogen-bond donors (Lipinski definition) is 2. The minimum absolute atomic E-state index is 0. The maximum absolute atomic E-state index is 5.94. The number of aliphatic imine (C=N–C) groups is 1. The molecule has 5 nitrogen and oxygen atoms in total. The fourth-order valence-electron chi connectivity index (χ4n) is 2.65. The van der Waals surface area contributed by atoms with E-state index in [-0.39, 0.29) is 24.0 Å². The molecule has 144 valence electrons. The van der Waals surface area contributed by atoms with Crippen molar-refractivity contribution in [1.82, 2.24) is 15.6 Å². The van der Waals surface area contributed by atoms with Gasteiger partial charge in [-0.3, -0.25) is 4.99 Å². The third-order valence-electron chi connectivity index (χ3n) is 4.11. The number of guanidine groups is 1. The summed E-state index contributed by atoms with van der Waals surface area (Å²) in [5.74, 6) is 1.65. The molecule has 1 aromatic heterocycles. The second-order valence-corrected chi connectivity index (χ2v) is 7.22. The Morgan fingerprint density at radius 3 is 2.63 bits per heavy atom. The van der Waals surface area contributed by atoms with Crippen molar-refractivity contribution in [2.24, 2.45) is 4.99 Å². The van der Waals surface area contributed by atoms with E-state index in [1.807, 2.05) is 31.2 Å². The second kappa shape index (κ2) is 10.5. The number of halogens is 1. The van der Waals surface area contributed by atoms with E-state index in [4.69, 9.17) is 4.74 Å². The Kier molecular flexibility index (Phi) is 8.30. The molecule has 3 rings (SSSR count). The van der Waals surface area contributed by atoms with Crippen LogP contribution in [0.15, 0.2) is 47.5 Å². The summed E-state index contributed by atoms with van der Waals surface area (Å²) in [5.41, 5.74) is 1.10. The zero-order chi connectivity index (χ0) is 18.4. The molecule has 0 aliphatic rings. The summed E-state index contributed by atoms with van der Waals surface area (Å²) in [5, 5.41) is 9.94. The van der Waals surface area contributed by atoms with Crippen molar-refractivity contribution in [2.45, 2.75) is 20.4 Å². The number of hydrogen-bond acceptors (Lipinski definition) is 4. The van der Waals surface area contributed by atoms with E-state index in [0.29, 0.717) is 19.7 Å². The van der Waals surface area contributed by atoms with Crippen molar-refractivity contribution in [2.75, 3.05) is 20.2 Å². The number of nitrogens with one attached hydrogen (secondary N) is 2. The first kappa shape index (κ1) is 21.4. The highest BCUT2D eigenvalue weighted by atomic mass is 127. The first-order valence-electron chi connectivity index (χ1n) is 8.65. The number of fused-ring (bicyclic) bond motifs is 1. The molecule has 0 bridgehead atoms. The molecule has 2 N–H and O–H groups in total. The molecular formula is C20H25IN4OS. The Morgan fingerprint density at radius 1 is 1.11 bits per heavy atom. The van der Waals surface area contributed by atoms with Gasteiger partial charge in [-0.05, 0) is 25.3 Å². The standard InChI is InChI=1S/C20H24N4OS.HI/c1-14-15(2)26-19(24-14)13-23-20(21-3)22-11-12-25-18-10-6-8-16-7-4-5-9-17(16)18;/h4-10H,11-13H2,1-3H3,(H2,21,22,23);1H. The predicted octanol–water partition coefficient (Wildman–Crippen LogP) is 4.28. The molecule has 0 amide bonds. The van der Waals surface area contributed by atoms with Crippen LogP contribution in [0.1, 0.15) is 15.6 Å². The molecule has 0 atom stereocenters. The number of benzene rings is 2. The van der Waals surface area contributed by atoms with Crippen molar-refractivity contribution in [3.63, 3.8) is 0 Å². The van der Waals surface area contributed by atoms with Crippen molar-refractivity contribution in [1.29, 1.82) is 0 Å². The quantitative estimate of drug-likeness (QED) is 0.232. The highest BCUT2D eigenvalue weighted by molar-refractivity contribution is 14.0. The molecule has 0 fully saturated rings. The number of nitrogens with zero attached hydrogens (tertiary/aromatic N) is 2. The second-order valence-electron chi connectivity index (χ2n) is 5.93. The lowest BCUT2D eigenvalue weighted by molar-refractivity contribution is 0.325. The van der Waals surface area contributed by atoms with Gasteiger partial charge in [0.15, 0.2) is 5.96 Å². The van der Waals surface area contributed by atoms with Gasteiger partial charge in [-0.2, -0.15) is 0 Å². The van der Waals surface area contributed by atoms with Crippen LogP contribution in [0.25, 0.3) is 10.8 Å². The topological polar surface area (TPSA) is 58.5 Å². The Morgan fingerprint density at radius 2 is 1.89 bits per heavy atom. The molecule has 3 aromatic rings. The summed E-state index contributed by atoms with van der Waals surface area (Å²) in [7, 11) is 1.76. The summed E-state index contributed by atoms with van der Waals surface area (Å²) in [6, 6.07) is 14.3. The van der Waals surface area contributed by atoms with Gasteiger partial charge >= 0.3 is 0 Å². The lowest BCUT2D eigenvalue weighted by Crippen LogP contribution is -2.38. The molecule has 0 aliphatic heterocycles. The minimum atomic E-state index is 0. The van der Waals surface area contributed by atoms with Crippen LogP contribution in [0, 0.1) is 13.8 Å². The smallest absolute Gasteiger partial charge is 0.191 e. The van der Waals surface area contributed by atoms with E-state index in [9.17, 15) is 0 Å². The van der Waals surface area contributed by atoms with Gasteiger partial charge in [-0.1, -0.05) is 36.4 Å². The number of aryl methyl sites for hydroxylation is 2. The van der Waals surface area contributed by atoms with E-state index in [0.717, 1.165) is 27.8 Å². The normalized spacial score (nSPS) is 11.1. The van der Waals surface area contributed by atoms with Crippen molar-refractivity contribution < 1.29 is 4.74 Å². The summed E-state index contributed by atoms with van der Waals surface area (Å²) in [6.45, 7) is 6.02. The first-order valence-corrected chi connectivity index (χ1v) is 9.47. The van der Waals surface area contributed by atoms with Gasteiger partial charge in [0.05, 0.1) is 18.8 Å². The van der Waals surface area contributed by atoms with E-state index in [1.54, 1.807) is 18.4 Å². The van der Waals surface area contributed by atoms with Gasteiger partial charge in [-0.25, -0.2) is 4.98 Å². The predicted molar refractivity (Wildman–Crippen MR) is 125 cm³/mol. The zero-order valence-electron chi connectivity index (χ0n) is 15.8. The fraction of sp³-hybridized carbons (Fsp3) is 0.300. The summed E-state index contributed by atoms with van der Waals surface area (Å²) in [4.78, 5) is 10.0. The average molecular weight is 496 g/mol. The monoisotopic (exact) mass is 496 g/mol. The Balaban J connectivity index is 0.00000261. The molecule has 0 saturated carbocycles. The Labute approximate surface area is 181 Å². The molecule has 0 unspecified atom stereocenters. The van der Waals surface area contributed by atoms with Crippen molar-refractivity contribution in [3.05, 3.63) is 58.0 Å². The average Bonchev–Trinajstić information content (AvgIpc) is 2.99. The van der Waals surface area contributed by atoms with E-state index in [2.05, 4.69) is 45.7 Å². The third kappa shape index (κ3) is 5.80. The molecule has 0 saturated heterocycles. The van der Waals surface area contributed by atoms with Crippen molar-refractivity contribution >= 4 is 52.0 Å². The SMILES string of the molecule is CN=C(NCCOc1cccc2ccccc12)NCc1nc(C)c(C)s1.I. The Bertz CT molecular complexity index is 885. The van der Waals surface area contributed by atoms with Crippen molar-refractivity contribution in [3.8, 4) is 5.75 Å². The molecule has 27 heavy (non-hydrogen) atoms. The lowest BCUT2D eigenvalue weighted by atomic mass is 10.1. The summed E-state index contributed by atoms with van der Waals surface area (Å²) < 4.78 is 5.94. The summed E-state index contributed by atoms with van der Waals surface area (Å²) >= 11 is 1.71. The molecule has 0 radical (unpaired) electrons. The fourth-order valence-corrected chi connectivity index (χ4v) is 3.52. The summed E-state index contributed by atoms with van der Waals surface area (Å²) in [6.07, 6.45) is 0. The molecule has 1 heterocycles. The van der Waals surface area contributed by atoms with Crippen LogP contribution in [-0.2, 0) is 6.54 Å². The number of aromatic nitrogens is 1. The first-order chi connectivity index (χ1) is 12.7. The van der Waals surface area contributed by atoms with Crippen LogP contribution in [0.3, 0.4) is 0 Å². The van der Waals surface area contributed by atoms with Gasteiger partial charge in [0.1, 0.15) is 17.4 Å². The van der Waals surface area contributed by atoms with Crippen LogP contribution < -0.4 is 15.4 Å². The lowest BCUT2D eigenvalue weighted by Gasteiger charge is -2.12. The van der Waals surface area contributed by atoms with Crippen LogP contribution >= 0.6 is 35.3 Å². The van der Waals surface area contributed by atoms with Gasteiger partial charge in [0.2, 0.25) is 0 Å². The van der Waals surface area contributed by atoms with Gasteiger partial charge < -0.3 is 15.4 Å². The molecule has 2 aromatic carbocycles. The van der Waals surface area contributed by atoms with E-state index >= 15 is 0 Å². The number of thiazole rings is 1. The largest absolute Gasteiger partial charge is 0.491 e. The van der Waals surface area contributed by atoms with E-state index in [1.165, 1.54) is 10.3 Å². The highest BCUT2D eigenvalue weighted by Crippen LogP contribution is 2.24. The van der Waals surface area contributed by atoms with Gasteiger partial charge in [0.25, 0.3) is 0 Å². The van der Waals surface area contributed by atoms with Gasteiger partial charge in [-0.15, -0.1) is 35.3 Å². The minimum Gasteiger partial charge on any atom is -0.491 e. The van der Waals surface area contributed by atoms with Crippen LogP contribution in [0.5, 0.6) is 5.75 Å². The number of ether oxygens (including phenoxy) is 1. The Hall–Kier alpha value is -1.87. The molecule has 0 spiro atoms. The molecular weight excluding hydrogens is 471 g/mol. The molecule has 7 heteroatoms. The van der Waals surface area contributed by atoms with E-state index < -0.39 is 0 Å². The highest BCUT2D eigenvalue weighted by Gasteiger charge is 2.05. The van der Waals surface area contributed by atoms with Crippen LogP contribution in [0.4, 0.5) is 0 Å². The third-order valence-corrected chi connectivity index (χ3v) is 5.18. The maximum atomic E-state index is 5.94. The van der Waals surface area contributed by atoms with Crippen LogP contribution in [-0.4, -0.2) is 31.1 Å². The number of rotatable bonds is 6.